The lowest BCUT2D eigenvalue weighted by molar-refractivity contribution is 0.0628. The van der Waals surface area contributed by atoms with Crippen molar-refractivity contribution in [2.24, 2.45) is 5.41 Å². The van der Waals surface area contributed by atoms with Crippen LogP contribution >= 0.6 is 0 Å². The molecular weight excluding hydrogens is 138 g/mol. The SMILES string of the molecule is OCC1CCC2(CCC2)CN1. The molecule has 2 rings (SSSR count). The molecule has 2 fully saturated rings. The molecule has 2 N–H and O–H groups in total. The topological polar surface area (TPSA) is 32.3 Å². The maximum atomic E-state index is 8.89. The van der Waals surface area contributed by atoms with E-state index in [4.69, 9.17) is 5.11 Å². The van der Waals surface area contributed by atoms with Crippen LogP contribution in [-0.2, 0) is 0 Å². The van der Waals surface area contributed by atoms with Crippen molar-refractivity contribution in [2.45, 2.75) is 38.1 Å². The Labute approximate surface area is 68.0 Å². The van der Waals surface area contributed by atoms with Crippen LogP contribution in [0.15, 0.2) is 0 Å². The maximum Gasteiger partial charge on any atom is 0.0584 e. The fraction of sp³-hybridized carbons (Fsp3) is 1.00. The van der Waals surface area contributed by atoms with Gasteiger partial charge in [0.25, 0.3) is 0 Å². The van der Waals surface area contributed by atoms with Crippen molar-refractivity contribution < 1.29 is 5.11 Å². The zero-order valence-corrected chi connectivity index (χ0v) is 6.97. The van der Waals surface area contributed by atoms with Crippen LogP contribution < -0.4 is 5.32 Å². The van der Waals surface area contributed by atoms with Crippen molar-refractivity contribution in [2.75, 3.05) is 13.2 Å². The molecule has 1 unspecified atom stereocenters. The second-order valence-electron chi connectivity index (χ2n) is 4.15. The minimum Gasteiger partial charge on any atom is -0.395 e. The minimum absolute atomic E-state index is 0.316. The maximum absolute atomic E-state index is 8.89. The first kappa shape index (κ1) is 7.56. The van der Waals surface area contributed by atoms with E-state index < -0.39 is 0 Å². The molecule has 64 valence electrons. The fourth-order valence-electron chi connectivity index (χ4n) is 2.29. The molecule has 0 aromatic heterocycles. The summed E-state index contributed by atoms with van der Waals surface area (Å²) in [5.41, 5.74) is 0.658. The summed E-state index contributed by atoms with van der Waals surface area (Å²) in [5.74, 6) is 0. The fourth-order valence-corrected chi connectivity index (χ4v) is 2.29. The number of hydrogen-bond donors (Lipinski definition) is 2. The summed E-state index contributed by atoms with van der Waals surface area (Å²) >= 11 is 0. The molecule has 1 atom stereocenters. The van der Waals surface area contributed by atoms with Crippen LogP contribution in [0.5, 0.6) is 0 Å². The number of aliphatic hydroxyl groups excluding tert-OH is 1. The second kappa shape index (κ2) is 2.76. The summed E-state index contributed by atoms with van der Waals surface area (Å²) in [4.78, 5) is 0. The Morgan fingerprint density at radius 1 is 1.36 bits per heavy atom. The molecule has 0 aromatic carbocycles. The van der Waals surface area contributed by atoms with Gasteiger partial charge < -0.3 is 10.4 Å². The first-order valence-electron chi connectivity index (χ1n) is 4.69. The summed E-state index contributed by atoms with van der Waals surface area (Å²) in [6.07, 6.45) is 6.77. The van der Waals surface area contributed by atoms with Gasteiger partial charge in [-0.15, -0.1) is 0 Å². The van der Waals surface area contributed by atoms with Crippen LogP contribution in [0, 0.1) is 5.41 Å². The largest absolute Gasteiger partial charge is 0.395 e. The van der Waals surface area contributed by atoms with Gasteiger partial charge in [0.05, 0.1) is 6.61 Å². The third-order valence-electron chi connectivity index (χ3n) is 3.42. The van der Waals surface area contributed by atoms with Crippen molar-refractivity contribution in [3.05, 3.63) is 0 Å². The highest BCUT2D eigenvalue weighted by molar-refractivity contribution is 4.94. The third-order valence-corrected chi connectivity index (χ3v) is 3.42. The Morgan fingerprint density at radius 3 is 2.55 bits per heavy atom. The van der Waals surface area contributed by atoms with Gasteiger partial charge in [-0.25, -0.2) is 0 Å². The summed E-state index contributed by atoms with van der Waals surface area (Å²) in [7, 11) is 0. The number of nitrogens with one attached hydrogen (secondary N) is 1. The molecule has 1 saturated heterocycles. The standard InChI is InChI=1S/C9H17NO/c11-6-8-2-5-9(7-10-8)3-1-4-9/h8,10-11H,1-7H2. The predicted octanol–water partition coefficient (Wildman–Crippen LogP) is 0.901. The Balaban J connectivity index is 1.84. The Hall–Kier alpha value is -0.0800. The second-order valence-corrected chi connectivity index (χ2v) is 4.15. The summed E-state index contributed by atoms with van der Waals surface area (Å²) in [6.45, 7) is 1.47. The molecule has 1 aliphatic heterocycles. The first-order valence-corrected chi connectivity index (χ1v) is 4.69. The van der Waals surface area contributed by atoms with Crippen molar-refractivity contribution in [3.63, 3.8) is 0 Å². The molecule has 1 heterocycles. The minimum atomic E-state index is 0.316. The molecule has 11 heavy (non-hydrogen) atoms. The van der Waals surface area contributed by atoms with Crippen LogP contribution in [-0.4, -0.2) is 24.3 Å². The van der Waals surface area contributed by atoms with Gasteiger partial charge in [0.1, 0.15) is 0 Å². The van der Waals surface area contributed by atoms with E-state index in [1.165, 1.54) is 32.1 Å². The average Bonchev–Trinajstić information content (AvgIpc) is 2.02. The number of aliphatic hydroxyl groups is 1. The zero-order valence-electron chi connectivity index (χ0n) is 6.97. The van der Waals surface area contributed by atoms with Gasteiger partial charge in [0.2, 0.25) is 0 Å². The number of piperidine rings is 1. The van der Waals surface area contributed by atoms with Gasteiger partial charge >= 0.3 is 0 Å². The molecule has 2 heteroatoms. The molecule has 0 aromatic rings. The number of rotatable bonds is 1. The van der Waals surface area contributed by atoms with Crippen molar-refractivity contribution >= 4 is 0 Å². The molecule has 0 bridgehead atoms. The molecule has 0 radical (unpaired) electrons. The van der Waals surface area contributed by atoms with Gasteiger partial charge in [0.15, 0.2) is 0 Å². The van der Waals surface area contributed by atoms with E-state index in [2.05, 4.69) is 5.32 Å². The number of hydrogen-bond acceptors (Lipinski definition) is 2. The van der Waals surface area contributed by atoms with E-state index in [0.717, 1.165) is 6.54 Å². The molecule has 2 nitrogen and oxygen atoms in total. The lowest BCUT2D eigenvalue weighted by Gasteiger charge is -2.47. The molecule has 2 aliphatic rings. The van der Waals surface area contributed by atoms with Gasteiger partial charge in [-0.05, 0) is 31.1 Å². The molecule has 1 aliphatic carbocycles. The van der Waals surface area contributed by atoms with Crippen molar-refractivity contribution in [3.8, 4) is 0 Å². The van der Waals surface area contributed by atoms with E-state index in [1.807, 2.05) is 0 Å². The van der Waals surface area contributed by atoms with Crippen molar-refractivity contribution in [1.82, 2.24) is 5.32 Å². The predicted molar refractivity (Wildman–Crippen MR) is 44.4 cm³/mol. The quantitative estimate of drug-likeness (QED) is 0.589. The van der Waals surface area contributed by atoms with Gasteiger partial charge in [-0.3, -0.25) is 0 Å². The molecule has 1 saturated carbocycles. The monoisotopic (exact) mass is 155 g/mol. The Kier molecular flexibility index (Phi) is 1.90. The Morgan fingerprint density at radius 2 is 2.18 bits per heavy atom. The summed E-state index contributed by atoms with van der Waals surface area (Å²) in [5, 5.41) is 12.3. The van der Waals surface area contributed by atoms with E-state index >= 15 is 0 Å². The van der Waals surface area contributed by atoms with Crippen LogP contribution in [0.3, 0.4) is 0 Å². The normalized spacial score (nSPS) is 35.2. The summed E-state index contributed by atoms with van der Waals surface area (Å²) in [6, 6.07) is 0.390. The Bertz CT molecular complexity index is 132. The lowest BCUT2D eigenvalue weighted by Crippen LogP contribution is -2.50. The highest BCUT2D eigenvalue weighted by atomic mass is 16.3. The molecule has 1 spiro atoms. The lowest BCUT2D eigenvalue weighted by atomic mass is 9.64. The van der Waals surface area contributed by atoms with Gasteiger partial charge in [-0.2, -0.15) is 0 Å². The van der Waals surface area contributed by atoms with Crippen molar-refractivity contribution in [1.29, 1.82) is 0 Å². The van der Waals surface area contributed by atoms with E-state index in [0.29, 0.717) is 18.1 Å². The van der Waals surface area contributed by atoms with Crippen LogP contribution in [0.4, 0.5) is 0 Å². The molecule has 0 amide bonds. The van der Waals surface area contributed by atoms with Crippen LogP contribution in [0.2, 0.25) is 0 Å². The third kappa shape index (κ3) is 1.30. The average molecular weight is 155 g/mol. The van der Waals surface area contributed by atoms with E-state index in [1.54, 1.807) is 0 Å². The first-order chi connectivity index (χ1) is 5.35. The zero-order chi connectivity index (χ0) is 7.73. The van der Waals surface area contributed by atoms with Crippen LogP contribution in [0.25, 0.3) is 0 Å². The smallest absolute Gasteiger partial charge is 0.0584 e. The van der Waals surface area contributed by atoms with E-state index in [9.17, 15) is 0 Å². The summed E-state index contributed by atoms with van der Waals surface area (Å²) < 4.78 is 0. The van der Waals surface area contributed by atoms with E-state index in [-0.39, 0.29) is 0 Å². The van der Waals surface area contributed by atoms with Crippen LogP contribution in [0.1, 0.15) is 32.1 Å². The van der Waals surface area contributed by atoms with Gasteiger partial charge in [-0.1, -0.05) is 6.42 Å². The molecular formula is C9H17NO. The highest BCUT2D eigenvalue weighted by Crippen LogP contribution is 2.46. The van der Waals surface area contributed by atoms with Gasteiger partial charge in [0, 0.05) is 12.6 Å². The highest BCUT2D eigenvalue weighted by Gasteiger charge is 2.39.